The largest absolute Gasteiger partial charge is 0.511 e. The predicted molar refractivity (Wildman–Crippen MR) is 105 cm³/mol. The van der Waals surface area contributed by atoms with E-state index in [-0.39, 0.29) is 18.3 Å². The van der Waals surface area contributed by atoms with Gasteiger partial charge in [0.15, 0.2) is 0 Å². The Balaban J connectivity index is 1.75. The maximum absolute atomic E-state index is 11.5. The number of nitrogens with one attached hydrogen (secondary N) is 1. The predicted octanol–water partition coefficient (Wildman–Crippen LogP) is 4.71. The van der Waals surface area contributed by atoms with Gasteiger partial charge in [-0.25, -0.2) is 4.79 Å². The summed E-state index contributed by atoms with van der Waals surface area (Å²) >= 11 is 0. The summed E-state index contributed by atoms with van der Waals surface area (Å²) in [7, 11) is 0. The summed E-state index contributed by atoms with van der Waals surface area (Å²) in [6.07, 6.45) is 7.66. The SMILES string of the molecule is CC(C)OC(=O)OCOc1ccc2c(c1)[C@@]1(C)CCCCC[C@H](C2)NCC1. The molecule has 1 fully saturated rings. The first-order valence-electron chi connectivity index (χ1n) is 10.3. The molecule has 1 aliphatic carbocycles. The highest BCUT2D eigenvalue weighted by Crippen LogP contribution is 2.39. The van der Waals surface area contributed by atoms with Crippen molar-refractivity contribution in [3.63, 3.8) is 0 Å². The molecule has 1 saturated heterocycles. The van der Waals surface area contributed by atoms with Crippen LogP contribution in [-0.4, -0.2) is 31.6 Å². The molecule has 5 nitrogen and oxygen atoms in total. The van der Waals surface area contributed by atoms with E-state index >= 15 is 0 Å². The molecular weight excluding hydrogens is 342 g/mol. The van der Waals surface area contributed by atoms with E-state index < -0.39 is 6.16 Å². The van der Waals surface area contributed by atoms with Crippen LogP contribution in [0.1, 0.15) is 70.4 Å². The van der Waals surface area contributed by atoms with Gasteiger partial charge in [0.2, 0.25) is 6.79 Å². The molecule has 0 saturated carbocycles. The molecular formula is C22H33NO4. The lowest BCUT2D eigenvalue weighted by atomic mass is 9.71. The molecule has 0 unspecified atom stereocenters. The molecule has 0 spiro atoms. The molecule has 2 heterocycles. The maximum atomic E-state index is 11.5. The molecule has 0 aromatic heterocycles. The number of rotatable bonds is 4. The van der Waals surface area contributed by atoms with Gasteiger partial charge in [0.25, 0.3) is 0 Å². The molecule has 3 aliphatic rings. The molecule has 1 N–H and O–H groups in total. The van der Waals surface area contributed by atoms with Crippen molar-refractivity contribution in [2.75, 3.05) is 13.3 Å². The monoisotopic (exact) mass is 375 g/mol. The van der Waals surface area contributed by atoms with Gasteiger partial charge in [-0.15, -0.1) is 0 Å². The molecule has 2 atom stereocenters. The van der Waals surface area contributed by atoms with Crippen LogP contribution in [-0.2, 0) is 21.3 Å². The second kappa shape index (κ2) is 8.96. The van der Waals surface area contributed by atoms with Crippen molar-refractivity contribution in [1.29, 1.82) is 0 Å². The van der Waals surface area contributed by atoms with Crippen molar-refractivity contribution in [3.8, 4) is 5.75 Å². The second-order valence-corrected chi connectivity index (χ2v) is 8.41. The smallest absolute Gasteiger partial charge is 0.457 e. The fourth-order valence-electron chi connectivity index (χ4n) is 4.33. The van der Waals surface area contributed by atoms with E-state index in [0.717, 1.165) is 25.1 Å². The Kier molecular flexibility index (Phi) is 6.64. The Morgan fingerprint density at radius 2 is 2.11 bits per heavy atom. The van der Waals surface area contributed by atoms with Gasteiger partial charge in [0.1, 0.15) is 5.75 Å². The van der Waals surface area contributed by atoms with E-state index in [9.17, 15) is 4.79 Å². The van der Waals surface area contributed by atoms with Crippen molar-refractivity contribution in [1.82, 2.24) is 5.32 Å². The van der Waals surface area contributed by atoms with Crippen molar-refractivity contribution >= 4 is 6.16 Å². The van der Waals surface area contributed by atoms with Gasteiger partial charge >= 0.3 is 6.16 Å². The van der Waals surface area contributed by atoms with Gasteiger partial charge in [0.05, 0.1) is 6.10 Å². The molecule has 2 bridgehead atoms. The first-order chi connectivity index (χ1) is 13.0. The van der Waals surface area contributed by atoms with Crippen LogP contribution in [0, 0.1) is 0 Å². The molecule has 0 amide bonds. The van der Waals surface area contributed by atoms with Crippen LogP contribution in [0.3, 0.4) is 0 Å². The van der Waals surface area contributed by atoms with E-state index in [1.807, 2.05) is 6.07 Å². The Labute approximate surface area is 162 Å². The topological polar surface area (TPSA) is 56.8 Å². The summed E-state index contributed by atoms with van der Waals surface area (Å²) < 4.78 is 15.6. The summed E-state index contributed by atoms with van der Waals surface area (Å²) in [5, 5.41) is 3.76. The normalized spacial score (nSPS) is 25.4. The number of carbonyl (C=O) groups is 1. The highest BCUT2D eigenvalue weighted by atomic mass is 16.8. The quantitative estimate of drug-likeness (QED) is 0.610. The average Bonchev–Trinajstić information content (AvgIpc) is 2.60. The molecule has 150 valence electrons. The van der Waals surface area contributed by atoms with Crippen LogP contribution in [0.4, 0.5) is 4.79 Å². The minimum atomic E-state index is -0.697. The Hall–Kier alpha value is -1.75. The van der Waals surface area contributed by atoms with Crippen molar-refractivity contribution in [2.45, 2.75) is 83.3 Å². The fraction of sp³-hybridized carbons (Fsp3) is 0.682. The van der Waals surface area contributed by atoms with Crippen LogP contribution >= 0.6 is 0 Å². The Bertz CT molecular complexity index is 645. The number of benzene rings is 1. The van der Waals surface area contributed by atoms with Gasteiger partial charge in [-0.2, -0.15) is 0 Å². The highest BCUT2D eigenvalue weighted by molar-refractivity contribution is 5.59. The standard InChI is InChI=1S/C22H33NO4/c1-16(2)27-21(24)26-15-25-19-9-8-17-13-18-7-5-4-6-10-22(3,11-12-23-18)20(17)14-19/h8-9,14,16,18,23H,4-7,10-13,15H2,1-3H3/t18-,22+/m1/s1. The van der Waals surface area contributed by atoms with Crippen LogP contribution in [0.5, 0.6) is 5.75 Å². The summed E-state index contributed by atoms with van der Waals surface area (Å²) in [5.41, 5.74) is 2.98. The molecule has 4 rings (SSSR count). The van der Waals surface area contributed by atoms with Gasteiger partial charge in [-0.1, -0.05) is 32.3 Å². The third-order valence-corrected chi connectivity index (χ3v) is 5.82. The number of hydrogen-bond donors (Lipinski definition) is 1. The van der Waals surface area contributed by atoms with Crippen molar-refractivity contribution in [2.24, 2.45) is 0 Å². The molecule has 27 heavy (non-hydrogen) atoms. The molecule has 1 aromatic rings. The first kappa shape index (κ1) is 20.0. The third kappa shape index (κ3) is 5.38. The average molecular weight is 376 g/mol. The van der Waals surface area contributed by atoms with Gasteiger partial charge in [0, 0.05) is 6.04 Å². The minimum Gasteiger partial charge on any atom is -0.457 e. The summed E-state index contributed by atoms with van der Waals surface area (Å²) in [6, 6.07) is 6.90. The van der Waals surface area contributed by atoms with Crippen LogP contribution < -0.4 is 10.1 Å². The zero-order valence-electron chi connectivity index (χ0n) is 16.9. The van der Waals surface area contributed by atoms with E-state index in [1.165, 1.54) is 43.2 Å². The number of ether oxygens (including phenoxy) is 3. The van der Waals surface area contributed by atoms with Crippen LogP contribution in [0.25, 0.3) is 0 Å². The van der Waals surface area contributed by atoms with Gasteiger partial charge in [-0.3, -0.25) is 0 Å². The van der Waals surface area contributed by atoms with Crippen molar-refractivity contribution < 1.29 is 19.0 Å². The van der Waals surface area contributed by atoms with Crippen LogP contribution in [0.2, 0.25) is 0 Å². The zero-order valence-corrected chi connectivity index (χ0v) is 16.9. The molecule has 1 aromatic carbocycles. The van der Waals surface area contributed by atoms with Gasteiger partial charge < -0.3 is 19.5 Å². The lowest BCUT2D eigenvalue weighted by Gasteiger charge is -2.38. The fourth-order valence-corrected chi connectivity index (χ4v) is 4.33. The lowest BCUT2D eigenvalue weighted by molar-refractivity contribution is -0.00822. The minimum absolute atomic E-state index is 0.134. The van der Waals surface area contributed by atoms with Crippen LogP contribution in [0.15, 0.2) is 18.2 Å². The zero-order chi connectivity index (χ0) is 19.3. The molecule has 5 heteroatoms. The first-order valence-corrected chi connectivity index (χ1v) is 10.3. The van der Waals surface area contributed by atoms with Gasteiger partial charge in [-0.05, 0) is 74.8 Å². The van der Waals surface area contributed by atoms with E-state index in [1.54, 1.807) is 13.8 Å². The summed E-state index contributed by atoms with van der Waals surface area (Å²) in [6.45, 7) is 6.89. The number of fused-ring (bicyclic) bond motifs is 6. The van der Waals surface area contributed by atoms with E-state index in [2.05, 4.69) is 24.4 Å². The lowest BCUT2D eigenvalue weighted by Crippen LogP contribution is -2.40. The summed E-state index contributed by atoms with van der Waals surface area (Å²) in [4.78, 5) is 11.5. The van der Waals surface area contributed by atoms with E-state index in [4.69, 9.17) is 14.2 Å². The van der Waals surface area contributed by atoms with E-state index in [0.29, 0.717) is 6.04 Å². The molecule has 0 radical (unpaired) electrons. The molecule has 2 aliphatic heterocycles. The van der Waals surface area contributed by atoms with Crippen molar-refractivity contribution in [3.05, 3.63) is 29.3 Å². The Morgan fingerprint density at radius 1 is 1.26 bits per heavy atom. The number of hydrogen-bond acceptors (Lipinski definition) is 5. The Morgan fingerprint density at radius 3 is 2.93 bits per heavy atom. The summed E-state index contributed by atoms with van der Waals surface area (Å²) in [5.74, 6) is 0.750. The number of carbonyl (C=O) groups excluding carboxylic acids is 1. The third-order valence-electron chi connectivity index (χ3n) is 5.82. The second-order valence-electron chi connectivity index (χ2n) is 8.41. The maximum Gasteiger partial charge on any atom is 0.511 e. The highest BCUT2D eigenvalue weighted by Gasteiger charge is 2.32.